The number of fused-ring (bicyclic) bond motifs is 2. The summed E-state index contributed by atoms with van der Waals surface area (Å²) in [5, 5.41) is 16.0. The number of carbonyl (C=O) groups excluding carboxylic acids is 3. The topological polar surface area (TPSA) is 131 Å². The van der Waals surface area contributed by atoms with E-state index < -0.39 is 20.0 Å². The monoisotopic (exact) mass is 620 g/mol. The number of anilines is 2. The van der Waals surface area contributed by atoms with E-state index in [2.05, 4.69) is 10.6 Å². The van der Waals surface area contributed by atoms with Crippen molar-refractivity contribution in [1.29, 1.82) is 0 Å². The molecule has 0 aromatic heterocycles. The van der Waals surface area contributed by atoms with E-state index in [1.54, 1.807) is 9.80 Å². The third-order valence-corrected chi connectivity index (χ3v) is 12.6. The van der Waals surface area contributed by atoms with E-state index in [0.29, 0.717) is 12.2 Å². The van der Waals surface area contributed by atoms with Crippen LogP contribution in [0.25, 0.3) is 0 Å². The molecule has 2 aromatic carbocycles. The average molecular weight is 621 g/mol. The van der Waals surface area contributed by atoms with Gasteiger partial charge < -0.3 is 35.1 Å². The summed E-state index contributed by atoms with van der Waals surface area (Å²) in [7, 11) is -2.92. The predicted octanol–water partition coefficient (Wildman–Crippen LogP) is 3.10. The lowest BCUT2D eigenvalue weighted by Gasteiger charge is -2.32. The van der Waals surface area contributed by atoms with Crippen molar-refractivity contribution in [3.8, 4) is 0 Å². The van der Waals surface area contributed by atoms with E-state index in [1.165, 1.54) is 0 Å². The van der Waals surface area contributed by atoms with Crippen molar-refractivity contribution in [2.45, 2.75) is 88.0 Å². The molecule has 11 heteroatoms. The SMILES string of the molecule is C[C@@H]1[C@@H]([Si](C)(C)O)[C@H](CC(=O)N2CCC[C@H]2CO)O[C@@]12C(=O)N(Cc1cccc(NC(=O)[C@H]3CCCN3)c1)c1ccccc12. The third-order valence-electron chi connectivity index (χ3n) is 10.1. The number of amides is 3. The lowest BCUT2D eigenvalue weighted by Crippen LogP contribution is -2.46. The number of benzene rings is 2. The number of aliphatic hydroxyl groups is 1. The van der Waals surface area contributed by atoms with Gasteiger partial charge in [-0.2, -0.15) is 0 Å². The minimum atomic E-state index is -2.92. The Labute approximate surface area is 259 Å². The van der Waals surface area contributed by atoms with E-state index >= 15 is 0 Å². The normalized spacial score (nSPS) is 29.9. The number of nitrogens with one attached hydrogen (secondary N) is 2. The van der Waals surface area contributed by atoms with Crippen LogP contribution in [0.15, 0.2) is 48.5 Å². The number of rotatable bonds is 8. The van der Waals surface area contributed by atoms with Gasteiger partial charge in [0.15, 0.2) is 13.9 Å². The number of nitrogens with zero attached hydrogens (tertiary/aromatic N) is 2. The Morgan fingerprint density at radius 3 is 2.66 bits per heavy atom. The molecule has 0 radical (unpaired) electrons. The van der Waals surface area contributed by atoms with Gasteiger partial charge in [-0.1, -0.05) is 37.3 Å². The van der Waals surface area contributed by atoms with Crippen LogP contribution in [0.4, 0.5) is 11.4 Å². The number of likely N-dealkylation sites (tertiary alicyclic amines) is 1. The molecule has 6 atom stereocenters. The molecule has 10 nitrogen and oxygen atoms in total. The van der Waals surface area contributed by atoms with E-state index in [-0.39, 0.29) is 60.8 Å². The fourth-order valence-electron chi connectivity index (χ4n) is 8.10. The molecule has 6 rings (SSSR count). The first-order chi connectivity index (χ1) is 21.0. The highest BCUT2D eigenvalue weighted by molar-refractivity contribution is 6.71. The first kappa shape index (κ1) is 30.9. The van der Waals surface area contributed by atoms with E-state index in [9.17, 15) is 24.3 Å². The summed E-state index contributed by atoms with van der Waals surface area (Å²) >= 11 is 0. The highest BCUT2D eigenvalue weighted by Crippen LogP contribution is 2.59. The van der Waals surface area contributed by atoms with E-state index in [0.717, 1.165) is 49.0 Å². The molecular formula is C33H44N4O6Si. The standard InChI is InChI=1S/C33H44N4O6Si/c1-21-30(44(2,3)42)28(18-29(39)36-16-8-11-24(36)20-38)43-33(21)25-12-4-5-14-27(25)37(32(33)41)19-22-9-6-10-23(17-22)35-31(40)26-13-7-15-34-26/h4-6,9-10,12,14,17,21,24,26,28,30,34,38,42H,7-8,11,13,15-16,18-20H2,1-3H3,(H,35,40)/t21-,24+,26-,28+,30-,33+/m1/s1. The first-order valence-electron chi connectivity index (χ1n) is 15.9. The molecule has 1 spiro atoms. The number of aliphatic hydroxyl groups excluding tert-OH is 1. The zero-order valence-electron chi connectivity index (χ0n) is 25.8. The molecule has 3 saturated heterocycles. The van der Waals surface area contributed by atoms with Gasteiger partial charge in [-0.15, -0.1) is 0 Å². The summed E-state index contributed by atoms with van der Waals surface area (Å²) < 4.78 is 6.81. The Hall–Kier alpha value is -3.09. The summed E-state index contributed by atoms with van der Waals surface area (Å²) in [5.41, 5.74) is 1.34. The number of hydrogen-bond acceptors (Lipinski definition) is 7. The van der Waals surface area contributed by atoms with Crippen molar-refractivity contribution in [3.63, 3.8) is 0 Å². The molecule has 4 heterocycles. The molecule has 236 valence electrons. The maximum absolute atomic E-state index is 14.6. The maximum Gasteiger partial charge on any atom is 0.264 e. The Kier molecular flexibility index (Phi) is 8.44. The lowest BCUT2D eigenvalue weighted by atomic mass is 9.82. The first-order valence-corrected chi connectivity index (χ1v) is 18.9. The number of para-hydroxylation sites is 1. The number of carbonyl (C=O) groups is 3. The molecule has 44 heavy (non-hydrogen) atoms. The lowest BCUT2D eigenvalue weighted by molar-refractivity contribution is -0.150. The molecule has 4 N–H and O–H groups in total. The van der Waals surface area contributed by atoms with Crippen LogP contribution in [0.2, 0.25) is 18.6 Å². The van der Waals surface area contributed by atoms with Crippen LogP contribution in [0.1, 0.15) is 50.2 Å². The summed E-state index contributed by atoms with van der Waals surface area (Å²) in [5.74, 6) is -0.747. The zero-order valence-corrected chi connectivity index (χ0v) is 26.8. The molecule has 0 saturated carbocycles. The minimum absolute atomic E-state index is 0.0529. The summed E-state index contributed by atoms with van der Waals surface area (Å²) in [6.07, 6.45) is 2.81. The van der Waals surface area contributed by atoms with Crippen LogP contribution < -0.4 is 15.5 Å². The van der Waals surface area contributed by atoms with Crippen LogP contribution in [0.5, 0.6) is 0 Å². The molecule has 4 aliphatic heterocycles. The fraction of sp³-hybridized carbons (Fsp3) is 0.545. The van der Waals surface area contributed by atoms with Gasteiger partial charge in [0.1, 0.15) is 0 Å². The Balaban J connectivity index is 1.28. The highest BCUT2D eigenvalue weighted by Gasteiger charge is 2.66. The van der Waals surface area contributed by atoms with Crippen molar-refractivity contribution in [1.82, 2.24) is 10.2 Å². The average Bonchev–Trinajstić information content (AvgIpc) is 3.78. The highest BCUT2D eigenvalue weighted by atomic mass is 28.4. The quantitative estimate of drug-likeness (QED) is 0.334. The molecule has 4 aliphatic rings. The fourth-order valence-corrected chi connectivity index (χ4v) is 10.7. The van der Waals surface area contributed by atoms with Crippen LogP contribution in [-0.2, 0) is 31.3 Å². The molecule has 0 bridgehead atoms. The number of ether oxygens (including phenoxy) is 1. The van der Waals surface area contributed by atoms with Gasteiger partial charge in [0.2, 0.25) is 11.8 Å². The predicted molar refractivity (Wildman–Crippen MR) is 169 cm³/mol. The second-order valence-corrected chi connectivity index (χ2v) is 17.4. The third kappa shape index (κ3) is 5.38. The van der Waals surface area contributed by atoms with Crippen LogP contribution in [0, 0.1) is 5.92 Å². The van der Waals surface area contributed by atoms with Crippen LogP contribution >= 0.6 is 0 Å². The van der Waals surface area contributed by atoms with Crippen molar-refractivity contribution in [2.24, 2.45) is 5.92 Å². The summed E-state index contributed by atoms with van der Waals surface area (Å²) in [6.45, 7) is 7.30. The number of hydrogen-bond donors (Lipinski definition) is 4. The van der Waals surface area contributed by atoms with Gasteiger partial charge >= 0.3 is 0 Å². The van der Waals surface area contributed by atoms with Crippen molar-refractivity contribution in [2.75, 3.05) is 29.9 Å². The molecule has 3 fully saturated rings. The second kappa shape index (κ2) is 12.0. The van der Waals surface area contributed by atoms with Gasteiger partial charge in [-0.05, 0) is 69.1 Å². The van der Waals surface area contributed by atoms with Crippen molar-refractivity contribution < 1.29 is 29.0 Å². The van der Waals surface area contributed by atoms with E-state index in [4.69, 9.17) is 4.74 Å². The maximum atomic E-state index is 14.6. The minimum Gasteiger partial charge on any atom is -0.432 e. The van der Waals surface area contributed by atoms with Gasteiger partial charge in [0, 0.05) is 29.3 Å². The van der Waals surface area contributed by atoms with E-state index in [1.807, 2.05) is 68.5 Å². The second-order valence-electron chi connectivity index (χ2n) is 13.4. The van der Waals surface area contributed by atoms with Crippen LogP contribution in [0.3, 0.4) is 0 Å². The smallest absolute Gasteiger partial charge is 0.264 e. The Morgan fingerprint density at radius 1 is 1.14 bits per heavy atom. The molecular weight excluding hydrogens is 576 g/mol. The molecule has 2 aromatic rings. The van der Waals surface area contributed by atoms with Crippen LogP contribution in [-0.4, -0.2) is 78.7 Å². The Bertz CT molecular complexity index is 1420. The zero-order chi connectivity index (χ0) is 31.2. The van der Waals surface area contributed by atoms with Gasteiger partial charge in [0.25, 0.3) is 5.91 Å². The summed E-state index contributed by atoms with van der Waals surface area (Å²) in [4.78, 5) is 55.9. The van der Waals surface area contributed by atoms with Gasteiger partial charge in [-0.25, -0.2) is 0 Å². The van der Waals surface area contributed by atoms with Gasteiger partial charge in [0.05, 0.1) is 43.4 Å². The summed E-state index contributed by atoms with van der Waals surface area (Å²) in [6, 6.07) is 14.8. The van der Waals surface area contributed by atoms with Crippen molar-refractivity contribution >= 4 is 37.4 Å². The van der Waals surface area contributed by atoms with Crippen molar-refractivity contribution in [3.05, 3.63) is 59.7 Å². The molecule has 0 aliphatic carbocycles. The van der Waals surface area contributed by atoms with Gasteiger partial charge in [-0.3, -0.25) is 14.4 Å². The molecule has 0 unspecified atom stereocenters. The largest absolute Gasteiger partial charge is 0.432 e. The molecule has 3 amide bonds. The Morgan fingerprint density at radius 2 is 1.93 bits per heavy atom.